The normalized spacial score (nSPS) is 29.0. The molecule has 130 valence electrons. The van der Waals surface area contributed by atoms with Gasteiger partial charge in [-0.3, -0.25) is 14.5 Å². The number of rotatable bonds is 3. The van der Waals surface area contributed by atoms with Crippen LogP contribution in [0.5, 0.6) is 0 Å². The lowest BCUT2D eigenvalue weighted by atomic mass is 9.86. The molecule has 6 heteroatoms. The number of hydrogen-bond acceptors (Lipinski definition) is 4. The number of allylic oxidation sites excluding steroid dienone is 1. The summed E-state index contributed by atoms with van der Waals surface area (Å²) in [5.74, 6) is -0.494. The van der Waals surface area contributed by atoms with E-state index in [2.05, 4.69) is 4.90 Å². The molecule has 0 aromatic carbocycles. The number of carbonyl (C=O) groups excluding carboxylic acids is 1. The summed E-state index contributed by atoms with van der Waals surface area (Å²) in [4.78, 5) is 29.3. The predicted octanol–water partition coefficient (Wildman–Crippen LogP) is 0.563. The van der Waals surface area contributed by atoms with Crippen molar-refractivity contribution in [3.05, 3.63) is 39.8 Å². The molecule has 0 radical (unpaired) electrons. The van der Waals surface area contributed by atoms with Gasteiger partial charge in [0.05, 0.1) is 12.0 Å². The smallest absolute Gasteiger partial charge is 0.258 e. The third-order valence-electron chi connectivity index (χ3n) is 5.45. The minimum absolute atomic E-state index is 0.00632. The molecule has 1 aromatic heterocycles. The lowest BCUT2D eigenvalue weighted by Crippen LogP contribution is -2.44. The van der Waals surface area contributed by atoms with Crippen LogP contribution in [0.15, 0.2) is 23.0 Å². The first-order valence-electron chi connectivity index (χ1n) is 8.32. The SMILES string of the molecule is C/C=C\c1ccc2n(c1=O)C[C@H]1[C@H](CO)[C@@H](C(=O)N(C)C)[C@@H]2N1C. The van der Waals surface area contributed by atoms with Gasteiger partial charge in [0.2, 0.25) is 5.91 Å². The fourth-order valence-electron chi connectivity index (χ4n) is 4.29. The first-order valence-corrected chi connectivity index (χ1v) is 8.32. The number of amides is 1. The van der Waals surface area contributed by atoms with E-state index in [1.54, 1.807) is 23.6 Å². The maximum Gasteiger partial charge on any atom is 0.258 e. The maximum absolute atomic E-state index is 12.8. The van der Waals surface area contributed by atoms with Crippen molar-refractivity contribution in [2.75, 3.05) is 27.7 Å². The van der Waals surface area contributed by atoms with Gasteiger partial charge in [0.25, 0.3) is 5.56 Å². The molecule has 2 aliphatic heterocycles. The molecule has 0 spiro atoms. The van der Waals surface area contributed by atoms with Crippen LogP contribution in [0.25, 0.3) is 6.08 Å². The Morgan fingerprint density at radius 1 is 1.42 bits per heavy atom. The number of aromatic nitrogens is 1. The van der Waals surface area contributed by atoms with Gasteiger partial charge in [0.15, 0.2) is 0 Å². The minimum Gasteiger partial charge on any atom is -0.396 e. The lowest BCUT2D eigenvalue weighted by molar-refractivity contribution is -0.135. The van der Waals surface area contributed by atoms with Gasteiger partial charge in [-0.2, -0.15) is 0 Å². The molecular weight excluding hydrogens is 306 g/mol. The molecule has 0 unspecified atom stereocenters. The van der Waals surface area contributed by atoms with Gasteiger partial charge in [-0.15, -0.1) is 0 Å². The Hall–Kier alpha value is -1.92. The highest BCUT2D eigenvalue weighted by molar-refractivity contribution is 5.80. The topological polar surface area (TPSA) is 65.8 Å². The Bertz CT molecular complexity index is 738. The summed E-state index contributed by atoms with van der Waals surface area (Å²) in [5, 5.41) is 9.92. The van der Waals surface area contributed by atoms with Gasteiger partial charge in [0.1, 0.15) is 0 Å². The molecule has 4 atom stereocenters. The lowest BCUT2D eigenvalue weighted by Gasteiger charge is -2.35. The average Bonchev–Trinajstić information content (AvgIpc) is 2.73. The van der Waals surface area contributed by atoms with Gasteiger partial charge in [0, 0.05) is 50.5 Å². The highest BCUT2D eigenvalue weighted by Crippen LogP contribution is 2.47. The van der Waals surface area contributed by atoms with Gasteiger partial charge < -0.3 is 14.6 Å². The summed E-state index contributed by atoms with van der Waals surface area (Å²) in [6.45, 7) is 2.34. The van der Waals surface area contributed by atoms with E-state index < -0.39 is 0 Å². The summed E-state index contributed by atoms with van der Waals surface area (Å²) < 4.78 is 1.79. The quantitative estimate of drug-likeness (QED) is 0.879. The number of carbonyl (C=O) groups is 1. The fourth-order valence-corrected chi connectivity index (χ4v) is 4.29. The van der Waals surface area contributed by atoms with E-state index in [9.17, 15) is 14.7 Å². The van der Waals surface area contributed by atoms with Crippen LogP contribution in [0, 0.1) is 11.8 Å². The second-order valence-corrected chi connectivity index (χ2v) is 6.91. The van der Waals surface area contributed by atoms with Crippen molar-refractivity contribution in [1.29, 1.82) is 0 Å². The number of pyridine rings is 1. The molecule has 2 aliphatic rings. The largest absolute Gasteiger partial charge is 0.396 e. The maximum atomic E-state index is 12.8. The second kappa shape index (κ2) is 6.18. The summed E-state index contributed by atoms with van der Waals surface area (Å²) in [6, 6.07) is 3.58. The van der Waals surface area contributed by atoms with Crippen molar-refractivity contribution in [3.63, 3.8) is 0 Å². The number of likely N-dealkylation sites (N-methyl/N-ethyl adjacent to an activating group) is 1. The van der Waals surface area contributed by atoms with Crippen LogP contribution >= 0.6 is 0 Å². The molecule has 2 bridgehead atoms. The molecule has 6 nitrogen and oxygen atoms in total. The van der Waals surface area contributed by atoms with Crippen LogP contribution in [-0.4, -0.2) is 59.2 Å². The Morgan fingerprint density at radius 2 is 2.12 bits per heavy atom. The van der Waals surface area contributed by atoms with Crippen molar-refractivity contribution < 1.29 is 9.90 Å². The third-order valence-corrected chi connectivity index (χ3v) is 5.45. The highest BCUT2D eigenvalue weighted by Gasteiger charge is 2.54. The number of fused-ring (bicyclic) bond motifs is 4. The Kier molecular flexibility index (Phi) is 4.36. The zero-order valence-electron chi connectivity index (χ0n) is 14.6. The zero-order chi connectivity index (χ0) is 17.6. The van der Waals surface area contributed by atoms with E-state index in [0.29, 0.717) is 12.1 Å². The number of aliphatic hydroxyl groups excluding tert-OH is 1. The van der Waals surface area contributed by atoms with Crippen molar-refractivity contribution in [1.82, 2.24) is 14.4 Å². The molecule has 1 saturated heterocycles. The van der Waals surface area contributed by atoms with Crippen LogP contribution in [0.3, 0.4) is 0 Å². The standard InChI is InChI=1S/C18H25N3O3/c1-5-6-11-7-8-13-16-15(18(24)19(2)3)12(10-22)14(20(16)4)9-21(13)17(11)23/h5-8,12,14-16,22H,9-10H2,1-4H3/b6-5-/t12-,14-,15+,16+/m0/s1. The van der Waals surface area contributed by atoms with Crippen LogP contribution in [0.2, 0.25) is 0 Å². The van der Waals surface area contributed by atoms with Gasteiger partial charge >= 0.3 is 0 Å². The number of hydrogen-bond donors (Lipinski definition) is 1. The number of aliphatic hydroxyl groups is 1. The molecule has 1 N–H and O–H groups in total. The second-order valence-electron chi connectivity index (χ2n) is 6.91. The Balaban J connectivity index is 2.15. The van der Waals surface area contributed by atoms with E-state index in [-0.39, 0.29) is 42.0 Å². The van der Waals surface area contributed by atoms with Crippen molar-refractivity contribution in [2.24, 2.45) is 11.8 Å². The summed E-state index contributed by atoms with van der Waals surface area (Å²) in [5.41, 5.74) is 1.49. The first-order chi connectivity index (χ1) is 11.4. The van der Waals surface area contributed by atoms with Crippen molar-refractivity contribution in [2.45, 2.75) is 25.6 Å². The fraction of sp³-hybridized carbons (Fsp3) is 0.556. The molecule has 1 amide bonds. The third kappa shape index (κ3) is 2.32. The van der Waals surface area contributed by atoms with Gasteiger partial charge in [-0.25, -0.2) is 0 Å². The summed E-state index contributed by atoms with van der Waals surface area (Å²) in [7, 11) is 5.46. The molecular formula is C18H25N3O3. The molecule has 1 aromatic rings. The molecule has 0 saturated carbocycles. The molecule has 3 rings (SSSR count). The van der Waals surface area contributed by atoms with E-state index in [1.807, 2.05) is 38.3 Å². The first kappa shape index (κ1) is 16.9. The van der Waals surface area contributed by atoms with E-state index in [0.717, 1.165) is 5.69 Å². The van der Waals surface area contributed by atoms with Gasteiger partial charge in [-0.1, -0.05) is 12.2 Å². The van der Waals surface area contributed by atoms with E-state index in [1.165, 1.54) is 0 Å². The minimum atomic E-state index is -0.333. The summed E-state index contributed by atoms with van der Waals surface area (Å²) >= 11 is 0. The van der Waals surface area contributed by atoms with Crippen molar-refractivity contribution in [3.8, 4) is 0 Å². The molecule has 24 heavy (non-hydrogen) atoms. The molecule has 0 aliphatic carbocycles. The Labute approximate surface area is 142 Å². The summed E-state index contributed by atoms with van der Waals surface area (Å²) in [6.07, 6.45) is 3.66. The number of nitrogens with zero attached hydrogens (tertiary/aromatic N) is 3. The molecule has 3 heterocycles. The monoisotopic (exact) mass is 331 g/mol. The van der Waals surface area contributed by atoms with Crippen LogP contribution < -0.4 is 5.56 Å². The van der Waals surface area contributed by atoms with Crippen LogP contribution in [0.4, 0.5) is 0 Å². The Morgan fingerprint density at radius 3 is 2.71 bits per heavy atom. The van der Waals surface area contributed by atoms with Gasteiger partial charge in [-0.05, 0) is 26.1 Å². The van der Waals surface area contributed by atoms with Crippen molar-refractivity contribution >= 4 is 12.0 Å². The van der Waals surface area contributed by atoms with E-state index in [4.69, 9.17) is 0 Å². The van der Waals surface area contributed by atoms with Crippen LogP contribution in [-0.2, 0) is 11.3 Å². The predicted molar refractivity (Wildman–Crippen MR) is 92.5 cm³/mol. The average molecular weight is 331 g/mol. The zero-order valence-corrected chi connectivity index (χ0v) is 14.6. The molecule has 1 fully saturated rings. The highest BCUT2D eigenvalue weighted by atomic mass is 16.3. The van der Waals surface area contributed by atoms with Crippen LogP contribution in [0.1, 0.15) is 24.2 Å². The van der Waals surface area contributed by atoms with E-state index >= 15 is 0 Å².